The number of nitrogens with zero attached hydrogens (tertiary/aromatic N) is 1. The topological polar surface area (TPSA) is 3.24 Å². The van der Waals surface area contributed by atoms with Crippen molar-refractivity contribution in [3.63, 3.8) is 0 Å². The molecule has 116 valence electrons. The lowest BCUT2D eigenvalue weighted by atomic mass is 10.0. The minimum absolute atomic E-state index is 0.664. The van der Waals surface area contributed by atoms with Crippen LogP contribution in [-0.4, -0.2) is 18.0 Å². The van der Waals surface area contributed by atoms with E-state index in [4.69, 9.17) is 0 Å². The Bertz CT molecular complexity index is 315. The van der Waals surface area contributed by atoms with Gasteiger partial charge in [-0.25, -0.2) is 0 Å². The van der Waals surface area contributed by atoms with Gasteiger partial charge in [-0.2, -0.15) is 0 Å². The molecular weight excluding hydrogens is 242 g/mol. The number of hydrogen-bond donors (Lipinski definition) is 0. The highest BCUT2D eigenvalue weighted by Crippen LogP contribution is 2.12. The molecule has 0 unspecified atom stereocenters. The van der Waals surface area contributed by atoms with Gasteiger partial charge in [0.15, 0.2) is 0 Å². The molecule has 0 aliphatic rings. The van der Waals surface area contributed by atoms with Crippen LogP contribution in [0.3, 0.4) is 0 Å². The van der Waals surface area contributed by atoms with Crippen molar-refractivity contribution < 1.29 is 0 Å². The van der Waals surface area contributed by atoms with Gasteiger partial charge in [0.25, 0.3) is 0 Å². The monoisotopic (exact) mass is 277 g/mol. The second-order valence-corrected chi connectivity index (χ2v) is 5.99. The maximum Gasteiger partial charge on any atom is 0.0143 e. The van der Waals surface area contributed by atoms with Crippen molar-refractivity contribution in [2.24, 2.45) is 5.92 Å². The van der Waals surface area contributed by atoms with Gasteiger partial charge in [0.05, 0.1) is 0 Å². The third-order valence-corrected chi connectivity index (χ3v) is 3.64. The van der Waals surface area contributed by atoms with E-state index in [1.54, 1.807) is 0 Å². The third-order valence-electron chi connectivity index (χ3n) is 3.64. The van der Waals surface area contributed by atoms with Crippen LogP contribution in [0.15, 0.2) is 35.6 Å². The third kappa shape index (κ3) is 10.9. The van der Waals surface area contributed by atoms with E-state index in [9.17, 15) is 0 Å². The standard InChI is InChI=1S/C19H35N/c1-7-20(8-2)16-15-19(6)14-10-13-18(5)12-9-11-17(3)4/h11,13,15-16,19H,7-10,12,14H2,1-6H3/b16-15?,18-13+/t19-/m0/s1. The van der Waals surface area contributed by atoms with E-state index in [1.807, 2.05) is 0 Å². The van der Waals surface area contributed by atoms with Gasteiger partial charge in [-0.15, -0.1) is 0 Å². The number of hydrogen-bond acceptors (Lipinski definition) is 1. The SMILES string of the molecule is CCN(C=C[C@@H](C)CC/C=C(\C)CCC=C(C)C)CC. The Hall–Kier alpha value is -0.980. The van der Waals surface area contributed by atoms with Crippen molar-refractivity contribution >= 4 is 0 Å². The summed E-state index contributed by atoms with van der Waals surface area (Å²) < 4.78 is 0. The van der Waals surface area contributed by atoms with Crippen LogP contribution in [0.25, 0.3) is 0 Å². The first-order valence-electron chi connectivity index (χ1n) is 8.20. The van der Waals surface area contributed by atoms with E-state index in [-0.39, 0.29) is 0 Å². The summed E-state index contributed by atoms with van der Waals surface area (Å²) in [7, 11) is 0. The van der Waals surface area contributed by atoms with Crippen LogP contribution in [0.2, 0.25) is 0 Å². The summed E-state index contributed by atoms with van der Waals surface area (Å²) in [6, 6.07) is 0. The number of rotatable bonds is 10. The molecule has 0 spiro atoms. The molecule has 0 heterocycles. The zero-order valence-corrected chi connectivity index (χ0v) is 14.6. The average Bonchev–Trinajstić information content (AvgIpc) is 2.39. The maximum absolute atomic E-state index is 2.42. The lowest BCUT2D eigenvalue weighted by Gasteiger charge is -2.15. The molecule has 0 saturated heterocycles. The summed E-state index contributed by atoms with van der Waals surface area (Å²) in [5.41, 5.74) is 2.95. The quantitative estimate of drug-likeness (QED) is 0.446. The van der Waals surface area contributed by atoms with E-state index < -0.39 is 0 Å². The predicted molar refractivity (Wildman–Crippen MR) is 92.9 cm³/mol. The molecule has 0 bridgehead atoms. The smallest absolute Gasteiger partial charge is 0.0143 e. The molecule has 0 N–H and O–H groups in total. The Balaban J connectivity index is 3.94. The van der Waals surface area contributed by atoms with Crippen LogP contribution < -0.4 is 0 Å². The largest absolute Gasteiger partial charge is 0.378 e. The molecule has 1 heteroatoms. The van der Waals surface area contributed by atoms with Crippen LogP contribution in [0.1, 0.15) is 67.2 Å². The van der Waals surface area contributed by atoms with E-state index >= 15 is 0 Å². The fourth-order valence-electron chi connectivity index (χ4n) is 2.08. The zero-order valence-electron chi connectivity index (χ0n) is 14.6. The highest BCUT2D eigenvalue weighted by Gasteiger charge is 1.97. The van der Waals surface area contributed by atoms with Crippen molar-refractivity contribution in [2.75, 3.05) is 13.1 Å². The van der Waals surface area contributed by atoms with Crippen molar-refractivity contribution in [3.05, 3.63) is 35.6 Å². The lowest BCUT2D eigenvalue weighted by molar-refractivity contribution is 0.414. The van der Waals surface area contributed by atoms with Crippen LogP contribution in [0.4, 0.5) is 0 Å². The van der Waals surface area contributed by atoms with Crippen LogP contribution >= 0.6 is 0 Å². The molecule has 0 saturated carbocycles. The van der Waals surface area contributed by atoms with Gasteiger partial charge in [0.1, 0.15) is 0 Å². The first-order chi connectivity index (χ1) is 9.49. The van der Waals surface area contributed by atoms with Gasteiger partial charge in [-0.1, -0.05) is 36.3 Å². The molecule has 0 aromatic rings. The molecule has 0 aromatic carbocycles. The molecular formula is C19H35N. The van der Waals surface area contributed by atoms with E-state index in [2.05, 4.69) is 70.9 Å². The lowest BCUT2D eigenvalue weighted by Crippen LogP contribution is -2.15. The van der Waals surface area contributed by atoms with Crippen molar-refractivity contribution in [3.8, 4) is 0 Å². The number of allylic oxidation sites excluding steroid dienone is 5. The van der Waals surface area contributed by atoms with Crippen LogP contribution in [0.5, 0.6) is 0 Å². The fraction of sp³-hybridized carbons (Fsp3) is 0.684. The molecule has 0 fully saturated rings. The molecule has 0 amide bonds. The highest BCUT2D eigenvalue weighted by molar-refractivity contribution is 5.02. The maximum atomic E-state index is 2.42. The van der Waals surface area contributed by atoms with E-state index in [1.165, 1.54) is 36.8 Å². The van der Waals surface area contributed by atoms with Crippen molar-refractivity contribution in [2.45, 2.75) is 67.2 Å². The molecule has 1 atom stereocenters. The summed E-state index contributed by atoms with van der Waals surface area (Å²) in [6.07, 6.45) is 14.2. The van der Waals surface area contributed by atoms with Crippen molar-refractivity contribution in [1.82, 2.24) is 4.90 Å². The van der Waals surface area contributed by atoms with Gasteiger partial charge >= 0.3 is 0 Å². The summed E-state index contributed by atoms with van der Waals surface area (Å²) in [6.45, 7) is 15.5. The van der Waals surface area contributed by atoms with Gasteiger partial charge in [0.2, 0.25) is 0 Å². The van der Waals surface area contributed by atoms with Crippen molar-refractivity contribution in [1.29, 1.82) is 0 Å². The molecule has 0 rings (SSSR count). The predicted octanol–water partition coefficient (Wildman–Crippen LogP) is 5.95. The molecule has 1 nitrogen and oxygen atoms in total. The van der Waals surface area contributed by atoms with Gasteiger partial charge in [0, 0.05) is 13.1 Å². The highest BCUT2D eigenvalue weighted by atomic mass is 15.1. The van der Waals surface area contributed by atoms with Gasteiger partial charge < -0.3 is 4.90 Å². The second kappa shape index (κ2) is 11.8. The Kier molecular flexibility index (Phi) is 11.2. The van der Waals surface area contributed by atoms with Gasteiger partial charge in [-0.05, 0) is 72.4 Å². The summed E-state index contributed by atoms with van der Waals surface area (Å²) in [5.74, 6) is 0.664. The first-order valence-corrected chi connectivity index (χ1v) is 8.20. The normalized spacial score (nSPS) is 13.6. The zero-order chi connectivity index (χ0) is 15.4. The fourth-order valence-corrected chi connectivity index (χ4v) is 2.08. The molecule has 0 aliphatic carbocycles. The Morgan fingerprint density at radius 1 is 1.00 bits per heavy atom. The minimum Gasteiger partial charge on any atom is -0.378 e. The summed E-state index contributed by atoms with van der Waals surface area (Å²) >= 11 is 0. The Labute approximate surface area is 127 Å². The molecule has 0 aromatic heterocycles. The minimum atomic E-state index is 0.664. The summed E-state index contributed by atoms with van der Waals surface area (Å²) in [5, 5.41) is 0. The van der Waals surface area contributed by atoms with Crippen LogP contribution in [-0.2, 0) is 0 Å². The van der Waals surface area contributed by atoms with E-state index in [0.29, 0.717) is 5.92 Å². The Morgan fingerprint density at radius 3 is 2.20 bits per heavy atom. The molecule has 0 aliphatic heterocycles. The Morgan fingerprint density at radius 2 is 1.65 bits per heavy atom. The first kappa shape index (κ1) is 19.0. The molecule has 0 radical (unpaired) electrons. The molecule has 20 heavy (non-hydrogen) atoms. The average molecular weight is 277 g/mol. The van der Waals surface area contributed by atoms with E-state index in [0.717, 1.165) is 13.1 Å². The van der Waals surface area contributed by atoms with Crippen LogP contribution in [0, 0.1) is 5.92 Å². The van der Waals surface area contributed by atoms with Gasteiger partial charge in [-0.3, -0.25) is 0 Å². The second-order valence-electron chi connectivity index (χ2n) is 5.99. The summed E-state index contributed by atoms with van der Waals surface area (Å²) in [4.78, 5) is 2.34.